The molecule has 3 aromatic rings. The minimum Gasteiger partial charge on any atom is -0.478 e. The van der Waals surface area contributed by atoms with Gasteiger partial charge < -0.3 is 10.1 Å². The van der Waals surface area contributed by atoms with Gasteiger partial charge in [-0.1, -0.05) is 22.0 Å². The number of carboxylic acids is 1. The van der Waals surface area contributed by atoms with Gasteiger partial charge in [0.05, 0.1) is 16.6 Å². The van der Waals surface area contributed by atoms with Crippen molar-refractivity contribution in [2.75, 3.05) is 0 Å². The molecule has 0 fully saturated rings. The summed E-state index contributed by atoms with van der Waals surface area (Å²) in [5, 5.41) is 8.94. The Morgan fingerprint density at radius 2 is 2.10 bits per heavy atom. The summed E-state index contributed by atoms with van der Waals surface area (Å²) in [4.78, 5) is 18.3. The zero-order valence-electron chi connectivity index (χ0n) is 10.9. The molecule has 0 amide bonds. The van der Waals surface area contributed by atoms with Crippen molar-refractivity contribution in [1.29, 1.82) is 0 Å². The molecule has 0 aliphatic heterocycles. The number of aromatic carboxylic acids is 1. The van der Waals surface area contributed by atoms with Gasteiger partial charge in [0.2, 0.25) is 0 Å². The van der Waals surface area contributed by atoms with Crippen LogP contribution in [0, 0.1) is 12.7 Å². The second kappa shape index (κ2) is 4.96. The highest BCUT2D eigenvalue weighted by Gasteiger charge is 2.15. The molecule has 106 valence electrons. The van der Waals surface area contributed by atoms with Crippen molar-refractivity contribution < 1.29 is 14.3 Å². The van der Waals surface area contributed by atoms with E-state index in [4.69, 9.17) is 5.11 Å². The summed E-state index contributed by atoms with van der Waals surface area (Å²) >= 11 is 3.47. The molecule has 1 aromatic heterocycles. The van der Waals surface area contributed by atoms with E-state index in [1.165, 1.54) is 6.07 Å². The van der Waals surface area contributed by atoms with Gasteiger partial charge in [-0.25, -0.2) is 14.2 Å². The number of benzene rings is 2. The molecular weight excluding hydrogens is 339 g/mol. The van der Waals surface area contributed by atoms with Gasteiger partial charge in [-0.15, -0.1) is 0 Å². The van der Waals surface area contributed by atoms with Gasteiger partial charge in [0, 0.05) is 16.1 Å². The Bertz CT molecular complexity index is 873. The van der Waals surface area contributed by atoms with Crippen molar-refractivity contribution in [2.45, 2.75) is 6.92 Å². The Hall–Kier alpha value is -2.21. The Labute approximate surface area is 127 Å². The van der Waals surface area contributed by atoms with Crippen LogP contribution in [0.1, 0.15) is 15.9 Å². The largest absolute Gasteiger partial charge is 0.478 e. The molecule has 0 bridgehead atoms. The fourth-order valence-corrected chi connectivity index (χ4v) is 2.82. The molecule has 0 atom stereocenters. The number of aromatic nitrogens is 2. The van der Waals surface area contributed by atoms with Crippen molar-refractivity contribution in [3.8, 4) is 11.4 Å². The number of hydrogen-bond donors (Lipinski definition) is 2. The molecule has 0 unspecified atom stereocenters. The van der Waals surface area contributed by atoms with Crippen LogP contribution in [0.15, 0.2) is 34.8 Å². The average Bonchev–Trinajstić information content (AvgIpc) is 2.79. The maximum absolute atomic E-state index is 13.7. The van der Waals surface area contributed by atoms with Gasteiger partial charge in [-0.05, 0) is 30.7 Å². The Balaban J connectivity index is 2.19. The van der Waals surface area contributed by atoms with E-state index in [1.54, 1.807) is 0 Å². The van der Waals surface area contributed by atoms with E-state index >= 15 is 0 Å². The molecule has 0 radical (unpaired) electrons. The van der Waals surface area contributed by atoms with Crippen LogP contribution in [0.25, 0.3) is 22.4 Å². The molecule has 6 heteroatoms. The first-order valence-corrected chi connectivity index (χ1v) is 6.94. The summed E-state index contributed by atoms with van der Waals surface area (Å²) in [6.45, 7) is 1.97. The van der Waals surface area contributed by atoms with Crippen molar-refractivity contribution >= 4 is 32.9 Å². The molecule has 2 N–H and O–H groups in total. The lowest BCUT2D eigenvalue weighted by Gasteiger charge is -2.01. The Morgan fingerprint density at radius 3 is 2.76 bits per heavy atom. The standard InChI is InChI=1S/C15H10BrFN2O2/c1-7-2-3-8(10(16)4-7)14-18-12-5-9(15(20)21)11(17)6-13(12)19-14/h2-6H,1H3,(H,18,19)(H,20,21). The number of H-pyrrole nitrogens is 1. The number of nitrogens with zero attached hydrogens (tertiary/aromatic N) is 1. The van der Waals surface area contributed by atoms with Crippen molar-refractivity contribution in [3.63, 3.8) is 0 Å². The number of rotatable bonds is 2. The van der Waals surface area contributed by atoms with E-state index in [2.05, 4.69) is 25.9 Å². The highest BCUT2D eigenvalue weighted by molar-refractivity contribution is 9.10. The molecule has 21 heavy (non-hydrogen) atoms. The van der Waals surface area contributed by atoms with Crippen molar-refractivity contribution in [1.82, 2.24) is 9.97 Å². The molecule has 2 aromatic carbocycles. The maximum Gasteiger partial charge on any atom is 0.338 e. The second-order valence-corrected chi connectivity index (χ2v) is 5.58. The van der Waals surface area contributed by atoms with Crippen LogP contribution < -0.4 is 0 Å². The normalized spacial score (nSPS) is 11.0. The number of halogens is 2. The van der Waals surface area contributed by atoms with Gasteiger partial charge in [-0.3, -0.25) is 0 Å². The SMILES string of the molecule is Cc1ccc(-c2nc3cc(C(=O)O)c(F)cc3[nH]2)c(Br)c1. The molecule has 0 saturated heterocycles. The molecule has 0 aliphatic carbocycles. The molecule has 3 rings (SSSR count). The zero-order valence-corrected chi connectivity index (χ0v) is 12.5. The zero-order chi connectivity index (χ0) is 15.1. The minimum absolute atomic E-state index is 0.386. The van der Waals surface area contributed by atoms with E-state index in [0.717, 1.165) is 21.7 Å². The number of aryl methyl sites for hydroxylation is 1. The summed E-state index contributed by atoms with van der Waals surface area (Å²) in [7, 11) is 0. The van der Waals surface area contributed by atoms with E-state index in [1.807, 2.05) is 25.1 Å². The fourth-order valence-electron chi connectivity index (χ4n) is 2.13. The van der Waals surface area contributed by atoms with E-state index in [0.29, 0.717) is 16.9 Å². The molecule has 0 spiro atoms. The van der Waals surface area contributed by atoms with Crippen LogP contribution in [-0.2, 0) is 0 Å². The lowest BCUT2D eigenvalue weighted by molar-refractivity contribution is 0.0692. The number of carbonyl (C=O) groups is 1. The molecule has 0 aliphatic rings. The summed E-state index contributed by atoms with van der Waals surface area (Å²) in [5.74, 6) is -1.54. The van der Waals surface area contributed by atoms with Crippen LogP contribution >= 0.6 is 15.9 Å². The smallest absolute Gasteiger partial charge is 0.338 e. The average molecular weight is 349 g/mol. The number of nitrogens with one attached hydrogen (secondary N) is 1. The maximum atomic E-state index is 13.7. The van der Waals surface area contributed by atoms with E-state index in [-0.39, 0.29) is 5.56 Å². The summed E-state index contributed by atoms with van der Waals surface area (Å²) in [6, 6.07) is 8.17. The van der Waals surface area contributed by atoms with E-state index < -0.39 is 11.8 Å². The number of fused-ring (bicyclic) bond motifs is 1. The Morgan fingerprint density at radius 1 is 1.33 bits per heavy atom. The quantitative estimate of drug-likeness (QED) is 0.731. The van der Waals surface area contributed by atoms with Crippen LogP contribution in [0.2, 0.25) is 0 Å². The monoisotopic (exact) mass is 348 g/mol. The highest BCUT2D eigenvalue weighted by atomic mass is 79.9. The molecule has 1 heterocycles. The third-order valence-electron chi connectivity index (χ3n) is 3.18. The van der Waals surface area contributed by atoms with Gasteiger partial charge in [0.15, 0.2) is 0 Å². The van der Waals surface area contributed by atoms with Gasteiger partial charge in [0.1, 0.15) is 11.6 Å². The Kier molecular flexibility index (Phi) is 3.25. The fraction of sp³-hybridized carbons (Fsp3) is 0.0667. The third-order valence-corrected chi connectivity index (χ3v) is 3.84. The third kappa shape index (κ3) is 2.42. The number of hydrogen-bond acceptors (Lipinski definition) is 2. The van der Waals surface area contributed by atoms with Crippen LogP contribution in [0.4, 0.5) is 4.39 Å². The van der Waals surface area contributed by atoms with Crippen LogP contribution in [-0.4, -0.2) is 21.0 Å². The van der Waals surface area contributed by atoms with E-state index in [9.17, 15) is 9.18 Å². The lowest BCUT2D eigenvalue weighted by atomic mass is 10.1. The summed E-state index contributed by atoms with van der Waals surface area (Å²) in [6.07, 6.45) is 0. The first kappa shape index (κ1) is 13.8. The van der Waals surface area contributed by atoms with Crippen LogP contribution in [0.3, 0.4) is 0 Å². The predicted octanol–water partition coefficient (Wildman–Crippen LogP) is 4.14. The second-order valence-electron chi connectivity index (χ2n) is 4.72. The number of imidazole rings is 1. The number of carboxylic acid groups (broad SMARTS) is 1. The topological polar surface area (TPSA) is 66.0 Å². The first-order valence-electron chi connectivity index (χ1n) is 6.15. The van der Waals surface area contributed by atoms with Crippen LogP contribution in [0.5, 0.6) is 0 Å². The molecule has 4 nitrogen and oxygen atoms in total. The van der Waals surface area contributed by atoms with Crippen molar-refractivity contribution in [3.05, 3.63) is 51.7 Å². The minimum atomic E-state index is -1.31. The first-order chi connectivity index (χ1) is 9.95. The molecular formula is C15H10BrFN2O2. The summed E-state index contributed by atoms with van der Waals surface area (Å²) < 4.78 is 14.5. The van der Waals surface area contributed by atoms with Gasteiger partial charge in [-0.2, -0.15) is 0 Å². The van der Waals surface area contributed by atoms with Gasteiger partial charge in [0.25, 0.3) is 0 Å². The summed E-state index contributed by atoms with van der Waals surface area (Å²) in [5.41, 5.74) is 2.41. The number of aromatic amines is 1. The lowest BCUT2D eigenvalue weighted by Crippen LogP contribution is -1.99. The van der Waals surface area contributed by atoms with Gasteiger partial charge >= 0.3 is 5.97 Å². The highest BCUT2D eigenvalue weighted by Crippen LogP contribution is 2.29. The molecule has 0 saturated carbocycles. The predicted molar refractivity (Wildman–Crippen MR) is 80.9 cm³/mol. The van der Waals surface area contributed by atoms with Crippen molar-refractivity contribution in [2.24, 2.45) is 0 Å².